The third-order valence-electron chi connectivity index (χ3n) is 4.86. The number of nitrogens with one attached hydrogen (secondary N) is 2. The van der Waals surface area contributed by atoms with Crippen LogP contribution in [0.1, 0.15) is 54.5 Å². The first-order valence-electron chi connectivity index (χ1n) is 8.70. The van der Waals surface area contributed by atoms with Crippen molar-refractivity contribution in [3.8, 4) is 0 Å². The maximum atomic E-state index is 13.5. The minimum absolute atomic E-state index is 0.226. The van der Waals surface area contributed by atoms with Crippen molar-refractivity contribution in [2.45, 2.75) is 45.2 Å². The van der Waals surface area contributed by atoms with E-state index >= 15 is 0 Å². The lowest BCUT2D eigenvalue weighted by Crippen LogP contribution is -2.41. The number of carbonyl (C=O) groups excluding carboxylic acids is 1. The Morgan fingerprint density at radius 2 is 1.96 bits per heavy atom. The Morgan fingerprint density at radius 1 is 1.27 bits per heavy atom. The Hall–Kier alpha value is -2.35. The molecule has 1 aromatic heterocycles. The number of hydrogen-bond acceptors (Lipinski definition) is 4. The van der Waals surface area contributed by atoms with Gasteiger partial charge in [-0.2, -0.15) is 0 Å². The average molecular weight is 363 g/mol. The number of piperidine rings is 1. The molecule has 1 aromatic carbocycles. The van der Waals surface area contributed by atoms with E-state index in [0.29, 0.717) is 11.3 Å². The second-order valence-electron chi connectivity index (χ2n) is 7.16. The zero-order valence-electron chi connectivity index (χ0n) is 15.1. The normalized spacial score (nSPS) is 15.9. The minimum atomic E-state index is -0.946. The van der Waals surface area contributed by atoms with Gasteiger partial charge in [0.25, 0.3) is 5.91 Å². The predicted octanol–water partition coefficient (Wildman–Crippen LogP) is 2.45. The fourth-order valence-electron chi connectivity index (χ4n) is 3.25. The monoisotopic (exact) mass is 363 g/mol. The van der Waals surface area contributed by atoms with Gasteiger partial charge < -0.3 is 10.6 Å². The van der Waals surface area contributed by atoms with E-state index in [2.05, 4.69) is 20.9 Å². The number of rotatable bonds is 4. The van der Waals surface area contributed by atoms with E-state index in [-0.39, 0.29) is 11.7 Å². The molecule has 0 saturated carbocycles. The van der Waals surface area contributed by atoms with Gasteiger partial charge in [0.2, 0.25) is 0 Å². The van der Waals surface area contributed by atoms with Gasteiger partial charge in [0.05, 0.1) is 17.3 Å². The molecular weight excluding hydrogens is 340 g/mol. The summed E-state index contributed by atoms with van der Waals surface area (Å²) in [6, 6.07) is 3.83. The molecule has 0 atom stereocenters. The highest BCUT2D eigenvalue weighted by Gasteiger charge is 2.28. The molecule has 140 valence electrons. The summed E-state index contributed by atoms with van der Waals surface area (Å²) < 4.78 is 28.5. The van der Waals surface area contributed by atoms with Gasteiger partial charge in [-0.1, -0.05) is 11.3 Å². The molecular formula is C18H23F2N5O. The van der Waals surface area contributed by atoms with Gasteiger partial charge in [-0.15, -0.1) is 5.10 Å². The Bertz CT molecular complexity index is 812. The fourth-order valence-corrected chi connectivity index (χ4v) is 3.25. The molecule has 6 nitrogen and oxygen atoms in total. The Labute approximate surface area is 151 Å². The van der Waals surface area contributed by atoms with Crippen LogP contribution in [0, 0.1) is 18.6 Å². The maximum absolute atomic E-state index is 13.5. The largest absolute Gasteiger partial charge is 0.342 e. The summed E-state index contributed by atoms with van der Waals surface area (Å²) in [5, 5.41) is 14.3. The highest BCUT2D eigenvalue weighted by molar-refractivity contribution is 5.93. The third kappa shape index (κ3) is 3.60. The van der Waals surface area contributed by atoms with E-state index in [4.69, 9.17) is 0 Å². The van der Waals surface area contributed by atoms with Crippen LogP contribution in [0.4, 0.5) is 8.78 Å². The summed E-state index contributed by atoms with van der Waals surface area (Å²) in [5.41, 5.74) is 0.527. The van der Waals surface area contributed by atoms with Crippen LogP contribution in [-0.2, 0) is 5.54 Å². The first-order chi connectivity index (χ1) is 12.3. The molecule has 1 aliphatic rings. The highest BCUT2D eigenvalue weighted by Crippen LogP contribution is 2.24. The van der Waals surface area contributed by atoms with Crippen molar-refractivity contribution in [2.75, 3.05) is 13.1 Å². The lowest BCUT2D eigenvalue weighted by molar-refractivity contribution is 0.0906. The Kier molecular flexibility index (Phi) is 5.04. The van der Waals surface area contributed by atoms with Crippen LogP contribution in [0.2, 0.25) is 0 Å². The van der Waals surface area contributed by atoms with E-state index in [1.54, 1.807) is 18.5 Å². The molecule has 2 heterocycles. The van der Waals surface area contributed by atoms with Gasteiger partial charge in [-0.05, 0) is 64.4 Å². The van der Waals surface area contributed by atoms with E-state index < -0.39 is 23.1 Å². The minimum Gasteiger partial charge on any atom is -0.342 e. The summed E-state index contributed by atoms with van der Waals surface area (Å²) >= 11 is 0. The van der Waals surface area contributed by atoms with Crippen molar-refractivity contribution in [2.24, 2.45) is 0 Å². The molecule has 3 rings (SSSR count). The van der Waals surface area contributed by atoms with E-state index in [9.17, 15) is 13.6 Å². The summed E-state index contributed by atoms with van der Waals surface area (Å²) in [4.78, 5) is 12.7. The first-order valence-corrected chi connectivity index (χ1v) is 8.70. The van der Waals surface area contributed by atoms with Crippen molar-refractivity contribution in [3.05, 3.63) is 46.8 Å². The number of aromatic nitrogens is 3. The van der Waals surface area contributed by atoms with Gasteiger partial charge in [-0.3, -0.25) is 4.79 Å². The lowest BCUT2D eigenvalue weighted by Gasteiger charge is -2.27. The molecule has 2 aromatic rings. The molecule has 0 spiro atoms. The summed E-state index contributed by atoms with van der Waals surface area (Å²) in [6.45, 7) is 7.10. The van der Waals surface area contributed by atoms with E-state index in [1.165, 1.54) is 6.07 Å². The van der Waals surface area contributed by atoms with Gasteiger partial charge >= 0.3 is 0 Å². The zero-order valence-corrected chi connectivity index (χ0v) is 15.1. The van der Waals surface area contributed by atoms with Gasteiger partial charge in [0.15, 0.2) is 17.3 Å². The number of amides is 1. The predicted molar refractivity (Wildman–Crippen MR) is 92.7 cm³/mol. The molecule has 1 fully saturated rings. The van der Waals surface area contributed by atoms with Crippen molar-refractivity contribution in [1.82, 2.24) is 25.6 Å². The van der Waals surface area contributed by atoms with Crippen molar-refractivity contribution in [3.63, 3.8) is 0 Å². The number of hydrogen-bond donors (Lipinski definition) is 2. The zero-order chi connectivity index (χ0) is 18.9. The molecule has 1 amide bonds. The number of benzene rings is 1. The molecule has 0 unspecified atom stereocenters. The number of carbonyl (C=O) groups is 1. The standard InChI is InChI=1S/C18H23F2N5O/c1-11-16(23-24-25(11)13-6-8-21-9-7-13)17(26)22-18(2,3)12-4-5-14(19)15(20)10-12/h4-5,10,13,21H,6-9H2,1-3H3,(H,22,26). The molecule has 1 aliphatic heterocycles. The summed E-state index contributed by atoms with van der Waals surface area (Å²) in [7, 11) is 0. The maximum Gasteiger partial charge on any atom is 0.274 e. The van der Waals surface area contributed by atoms with E-state index in [0.717, 1.165) is 38.1 Å². The molecule has 2 N–H and O–H groups in total. The smallest absolute Gasteiger partial charge is 0.274 e. The SMILES string of the molecule is Cc1c(C(=O)NC(C)(C)c2ccc(F)c(F)c2)nnn1C1CCNCC1. The van der Waals surface area contributed by atoms with Crippen LogP contribution in [0.25, 0.3) is 0 Å². The van der Waals surface area contributed by atoms with Crippen LogP contribution in [0.5, 0.6) is 0 Å². The average Bonchev–Trinajstić information content (AvgIpc) is 2.99. The Balaban J connectivity index is 1.78. The molecule has 8 heteroatoms. The van der Waals surface area contributed by atoms with Crippen molar-refractivity contribution in [1.29, 1.82) is 0 Å². The fraction of sp³-hybridized carbons (Fsp3) is 0.500. The molecule has 1 saturated heterocycles. The quantitative estimate of drug-likeness (QED) is 0.875. The second-order valence-corrected chi connectivity index (χ2v) is 7.16. The summed E-state index contributed by atoms with van der Waals surface area (Å²) in [5.74, 6) is -2.26. The van der Waals surface area contributed by atoms with Crippen molar-refractivity contribution >= 4 is 5.91 Å². The number of nitrogens with zero attached hydrogens (tertiary/aromatic N) is 3. The van der Waals surface area contributed by atoms with Gasteiger partial charge in [0, 0.05) is 0 Å². The molecule has 0 bridgehead atoms. The van der Waals surface area contributed by atoms with Crippen molar-refractivity contribution < 1.29 is 13.6 Å². The third-order valence-corrected chi connectivity index (χ3v) is 4.86. The molecule has 0 radical (unpaired) electrons. The first kappa shape index (κ1) is 18.4. The summed E-state index contributed by atoms with van der Waals surface area (Å²) in [6.07, 6.45) is 1.87. The van der Waals surface area contributed by atoms with Crippen LogP contribution < -0.4 is 10.6 Å². The van der Waals surface area contributed by atoms with E-state index in [1.807, 2.05) is 6.92 Å². The molecule has 26 heavy (non-hydrogen) atoms. The second kappa shape index (κ2) is 7.11. The van der Waals surface area contributed by atoms with Gasteiger partial charge in [-0.25, -0.2) is 13.5 Å². The lowest BCUT2D eigenvalue weighted by atomic mass is 9.94. The highest BCUT2D eigenvalue weighted by atomic mass is 19.2. The van der Waals surface area contributed by atoms with Crippen LogP contribution in [-0.4, -0.2) is 34.0 Å². The van der Waals surface area contributed by atoms with Crippen LogP contribution >= 0.6 is 0 Å². The molecule has 0 aliphatic carbocycles. The van der Waals surface area contributed by atoms with Crippen LogP contribution in [0.15, 0.2) is 18.2 Å². The topological polar surface area (TPSA) is 71.8 Å². The Morgan fingerprint density at radius 3 is 2.62 bits per heavy atom. The van der Waals surface area contributed by atoms with Gasteiger partial charge in [0.1, 0.15) is 0 Å². The van der Waals surface area contributed by atoms with Crippen LogP contribution in [0.3, 0.4) is 0 Å². The number of halogens is 2.